The molecule has 7 heteroatoms. The highest BCUT2D eigenvalue weighted by molar-refractivity contribution is 6.02. The SMILES string of the molecule is CC1Cc2cc(NC(=O)c3cn(C4CCC(N)CC4)nn3)ccc2O1. The number of rotatable bonds is 3. The van der Waals surface area contributed by atoms with Crippen LogP contribution in [0.25, 0.3) is 0 Å². The number of hydrogen-bond donors (Lipinski definition) is 2. The minimum Gasteiger partial charge on any atom is -0.490 e. The normalized spacial score (nSPS) is 25.3. The van der Waals surface area contributed by atoms with E-state index in [2.05, 4.69) is 15.6 Å². The summed E-state index contributed by atoms with van der Waals surface area (Å²) in [4.78, 5) is 12.4. The van der Waals surface area contributed by atoms with E-state index >= 15 is 0 Å². The summed E-state index contributed by atoms with van der Waals surface area (Å²) in [6.45, 7) is 2.04. The van der Waals surface area contributed by atoms with E-state index in [-0.39, 0.29) is 24.1 Å². The Hall–Kier alpha value is -2.41. The Kier molecular flexibility index (Phi) is 4.17. The predicted octanol–water partition coefficient (Wildman–Crippen LogP) is 2.30. The number of amides is 1. The predicted molar refractivity (Wildman–Crippen MR) is 93.7 cm³/mol. The first-order valence-corrected chi connectivity index (χ1v) is 8.87. The summed E-state index contributed by atoms with van der Waals surface area (Å²) in [7, 11) is 0. The number of anilines is 1. The average Bonchev–Trinajstić information content (AvgIpc) is 3.21. The number of benzene rings is 1. The van der Waals surface area contributed by atoms with Crippen molar-refractivity contribution >= 4 is 11.6 Å². The highest BCUT2D eigenvalue weighted by Gasteiger charge is 2.23. The molecule has 1 atom stereocenters. The third-order valence-electron chi connectivity index (χ3n) is 5.01. The Morgan fingerprint density at radius 1 is 1.32 bits per heavy atom. The number of carbonyl (C=O) groups is 1. The van der Waals surface area contributed by atoms with E-state index < -0.39 is 0 Å². The average molecular weight is 341 g/mol. The number of nitrogens with one attached hydrogen (secondary N) is 1. The van der Waals surface area contributed by atoms with Gasteiger partial charge in [0.2, 0.25) is 0 Å². The lowest BCUT2D eigenvalue weighted by Gasteiger charge is -2.25. The lowest BCUT2D eigenvalue weighted by Crippen LogP contribution is -2.28. The van der Waals surface area contributed by atoms with E-state index in [1.165, 1.54) is 0 Å². The van der Waals surface area contributed by atoms with E-state index in [0.29, 0.717) is 5.69 Å². The molecule has 0 saturated heterocycles. The number of nitrogens with two attached hydrogens (primary N) is 1. The number of hydrogen-bond acceptors (Lipinski definition) is 5. The van der Waals surface area contributed by atoms with Crippen LogP contribution in [0.15, 0.2) is 24.4 Å². The summed E-state index contributed by atoms with van der Waals surface area (Å²) in [5.74, 6) is 0.651. The minimum atomic E-state index is -0.245. The molecule has 2 aromatic rings. The van der Waals surface area contributed by atoms with E-state index in [9.17, 15) is 4.79 Å². The van der Waals surface area contributed by atoms with E-state index in [4.69, 9.17) is 10.5 Å². The maximum absolute atomic E-state index is 12.4. The fourth-order valence-electron chi connectivity index (χ4n) is 3.62. The van der Waals surface area contributed by atoms with Crippen molar-refractivity contribution in [3.63, 3.8) is 0 Å². The largest absolute Gasteiger partial charge is 0.490 e. The van der Waals surface area contributed by atoms with E-state index in [0.717, 1.165) is 49.1 Å². The molecule has 7 nitrogen and oxygen atoms in total. The third-order valence-corrected chi connectivity index (χ3v) is 5.01. The lowest BCUT2D eigenvalue weighted by atomic mass is 9.92. The summed E-state index contributed by atoms with van der Waals surface area (Å²) in [5, 5.41) is 11.1. The van der Waals surface area contributed by atoms with Gasteiger partial charge in [-0.3, -0.25) is 4.79 Å². The molecule has 1 aliphatic carbocycles. The van der Waals surface area contributed by atoms with Gasteiger partial charge in [0.15, 0.2) is 5.69 Å². The first-order chi connectivity index (χ1) is 12.1. The zero-order valence-corrected chi connectivity index (χ0v) is 14.3. The zero-order valence-electron chi connectivity index (χ0n) is 14.3. The Bertz CT molecular complexity index is 780. The van der Waals surface area contributed by atoms with Gasteiger partial charge in [0.25, 0.3) is 5.91 Å². The van der Waals surface area contributed by atoms with Gasteiger partial charge in [0.05, 0.1) is 12.2 Å². The fraction of sp³-hybridized carbons (Fsp3) is 0.500. The first-order valence-electron chi connectivity index (χ1n) is 8.87. The molecule has 1 amide bonds. The highest BCUT2D eigenvalue weighted by atomic mass is 16.5. The van der Waals surface area contributed by atoms with Crippen LogP contribution >= 0.6 is 0 Å². The van der Waals surface area contributed by atoms with Crippen molar-refractivity contribution in [2.24, 2.45) is 5.73 Å². The van der Waals surface area contributed by atoms with Crippen molar-refractivity contribution in [2.75, 3.05) is 5.32 Å². The standard InChI is InChI=1S/C18H23N5O2/c1-11-8-12-9-14(4-7-17(12)25-11)20-18(24)16-10-23(22-21-16)15-5-2-13(19)3-6-15/h4,7,9-11,13,15H,2-3,5-6,8,19H2,1H3,(H,20,24). The third kappa shape index (κ3) is 3.37. The van der Waals surface area contributed by atoms with Crippen molar-refractivity contribution in [1.82, 2.24) is 15.0 Å². The van der Waals surface area contributed by atoms with Crippen LogP contribution in [0.1, 0.15) is 54.7 Å². The lowest BCUT2D eigenvalue weighted by molar-refractivity contribution is 0.102. The minimum absolute atomic E-state index is 0.185. The summed E-state index contributed by atoms with van der Waals surface area (Å²) in [6, 6.07) is 6.28. The molecule has 0 spiro atoms. The molecule has 1 aromatic carbocycles. The van der Waals surface area contributed by atoms with Gasteiger partial charge in [0, 0.05) is 18.2 Å². The van der Waals surface area contributed by atoms with Crippen molar-refractivity contribution in [3.8, 4) is 5.75 Å². The van der Waals surface area contributed by atoms with Crippen molar-refractivity contribution in [2.45, 2.75) is 57.2 Å². The quantitative estimate of drug-likeness (QED) is 0.893. The Morgan fingerprint density at radius 3 is 2.92 bits per heavy atom. The molecule has 132 valence electrons. The smallest absolute Gasteiger partial charge is 0.277 e. The second kappa shape index (κ2) is 6.48. The molecule has 1 saturated carbocycles. The van der Waals surface area contributed by atoms with Gasteiger partial charge in [-0.25, -0.2) is 4.68 Å². The summed E-state index contributed by atoms with van der Waals surface area (Å²) < 4.78 is 7.49. The Labute approximate surface area is 146 Å². The van der Waals surface area contributed by atoms with Crippen LogP contribution < -0.4 is 15.8 Å². The molecule has 4 rings (SSSR count). The van der Waals surface area contributed by atoms with Gasteiger partial charge in [-0.05, 0) is 56.4 Å². The zero-order chi connectivity index (χ0) is 17.4. The molecular weight excluding hydrogens is 318 g/mol. The Morgan fingerprint density at radius 2 is 2.12 bits per heavy atom. The van der Waals surface area contributed by atoms with Crippen molar-refractivity contribution in [1.29, 1.82) is 0 Å². The van der Waals surface area contributed by atoms with Gasteiger partial charge in [-0.1, -0.05) is 5.21 Å². The van der Waals surface area contributed by atoms with E-state index in [1.54, 1.807) is 10.9 Å². The highest BCUT2D eigenvalue weighted by Crippen LogP contribution is 2.31. The number of fused-ring (bicyclic) bond motifs is 1. The van der Waals surface area contributed by atoms with Crippen LogP contribution in [0, 0.1) is 0 Å². The van der Waals surface area contributed by atoms with Gasteiger partial charge in [-0.2, -0.15) is 0 Å². The topological polar surface area (TPSA) is 95.1 Å². The molecule has 25 heavy (non-hydrogen) atoms. The number of aromatic nitrogens is 3. The summed E-state index contributed by atoms with van der Waals surface area (Å²) in [6.07, 6.45) is 6.71. The van der Waals surface area contributed by atoms with Crippen LogP contribution in [0.4, 0.5) is 5.69 Å². The van der Waals surface area contributed by atoms with Crippen LogP contribution in [-0.4, -0.2) is 33.0 Å². The molecular formula is C18H23N5O2. The number of nitrogens with zero attached hydrogens (tertiary/aromatic N) is 3. The molecule has 2 aliphatic rings. The second-order valence-corrected chi connectivity index (χ2v) is 7.06. The molecule has 0 radical (unpaired) electrons. The van der Waals surface area contributed by atoms with Crippen LogP contribution in [0.5, 0.6) is 5.75 Å². The van der Waals surface area contributed by atoms with Crippen LogP contribution in [0.3, 0.4) is 0 Å². The van der Waals surface area contributed by atoms with E-state index in [1.807, 2.05) is 25.1 Å². The van der Waals surface area contributed by atoms with Crippen molar-refractivity contribution < 1.29 is 9.53 Å². The van der Waals surface area contributed by atoms with Gasteiger partial charge >= 0.3 is 0 Å². The molecule has 0 bridgehead atoms. The monoisotopic (exact) mass is 341 g/mol. The number of ether oxygens (including phenoxy) is 1. The summed E-state index contributed by atoms with van der Waals surface area (Å²) >= 11 is 0. The number of carbonyl (C=O) groups excluding carboxylic acids is 1. The molecule has 3 N–H and O–H groups in total. The molecule has 1 aromatic heterocycles. The first kappa shape index (κ1) is 16.1. The van der Waals surface area contributed by atoms with Crippen molar-refractivity contribution in [3.05, 3.63) is 35.7 Å². The van der Waals surface area contributed by atoms with Gasteiger partial charge in [0.1, 0.15) is 11.9 Å². The fourth-order valence-corrected chi connectivity index (χ4v) is 3.62. The molecule has 1 unspecified atom stereocenters. The van der Waals surface area contributed by atoms with Crippen LogP contribution in [0.2, 0.25) is 0 Å². The van der Waals surface area contributed by atoms with Gasteiger partial charge in [-0.15, -0.1) is 5.10 Å². The summed E-state index contributed by atoms with van der Waals surface area (Å²) in [5.41, 5.74) is 8.14. The maximum atomic E-state index is 12.4. The molecule has 1 fully saturated rings. The van der Waals surface area contributed by atoms with Gasteiger partial charge < -0.3 is 15.8 Å². The van der Waals surface area contributed by atoms with Crippen LogP contribution in [-0.2, 0) is 6.42 Å². The maximum Gasteiger partial charge on any atom is 0.277 e. The molecule has 2 heterocycles. The second-order valence-electron chi connectivity index (χ2n) is 7.06. The Balaban J connectivity index is 1.43. The molecule has 1 aliphatic heterocycles.